The van der Waals surface area contributed by atoms with Crippen LogP contribution in [-0.2, 0) is 0 Å². The third-order valence-corrected chi connectivity index (χ3v) is 1.78. The van der Waals surface area contributed by atoms with Crippen molar-refractivity contribution in [3.05, 3.63) is 18.1 Å². The zero-order chi connectivity index (χ0) is 11.3. The quantitative estimate of drug-likeness (QED) is 0.428. The molecule has 0 aliphatic heterocycles. The molecule has 0 saturated heterocycles. The standard InChI is InChI=1S/C8H13N5O2/c1-13(2-3-14)8(15)6-4-10-5-7(11-6)12-9/h4-5,14H,2-3,9H2,1H3,(H,11,12). The number of nitrogens with one attached hydrogen (secondary N) is 1. The maximum Gasteiger partial charge on any atom is 0.273 e. The van der Waals surface area contributed by atoms with Gasteiger partial charge in [0.15, 0.2) is 5.82 Å². The molecule has 4 N–H and O–H groups in total. The van der Waals surface area contributed by atoms with Crippen molar-refractivity contribution in [1.82, 2.24) is 14.9 Å². The van der Waals surface area contributed by atoms with E-state index in [2.05, 4.69) is 15.4 Å². The Labute approximate surface area is 86.9 Å². The summed E-state index contributed by atoms with van der Waals surface area (Å²) in [6.07, 6.45) is 2.75. The van der Waals surface area contributed by atoms with Gasteiger partial charge in [-0.3, -0.25) is 9.78 Å². The molecule has 0 atom stereocenters. The molecule has 1 rings (SSSR count). The monoisotopic (exact) mass is 211 g/mol. The van der Waals surface area contributed by atoms with E-state index in [-0.39, 0.29) is 24.8 Å². The molecule has 1 heterocycles. The van der Waals surface area contributed by atoms with Crippen molar-refractivity contribution in [1.29, 1.82) is 0 Å². The average molecular weight is 211 g/mol. The molecule has 1 aromatic rings. The fraction of sp³-hybridized carbons (Fsp3) is 0.375. The molecule has 0 saturated carbocycles. The molecule has 0 spiro atoms. The summed E-state index contributed by atoms with van der Waals surface area (Å²) in [4.78, 5) is 20.7. The zero-order valence-electron chi connectivity index (χ0n) is 8.34. The van der Waals surface area contributed by atoms with Gasteiger partial charge in [-0.25, -0.2) is 10.8 Å². The number of aromatic nitrogens is 2. The van der Waals surface area contributed by atoms with Gasteiger partial charge in [0.2, 0.25) is 0 Å². The first kappa shape index (κ1) is 11.3. The van der Waals surface area contributed by atoms with E-state index in [1.807, 2.05) is 0 Å². The number of rotatable bonds is 4. The Morgan fingerprint density at radius 3 is 3.00 bits per heavy atom. The van der Waals surface area contributed by atoms with Gasteiger partial charge in [-0.15, -0.1) is 0 Å². The van der Waals surface area contributed by atoms with Gasteiger partial charge >= 0.3 is 0 Å². The number of hydrogen-bond acceptors (Lipinski definition) is 6. The average Bonchev–Trinajstić information content (AvgIpc) is 2.28. The first-order chi connectivity index (χ1) is 7.19. The summed E-state index contributed by atoms with van der Waals surface area (Å²) in [5, 5.41) is 8.67. The lowest BCUT2D eigenvalue weighted by molar-refractivity contribution is 0.0761. The first-order valence-electron chi connectivity index (χ1n) is 4.34. The zero-order valence-corrected chi connectivity index (χ0v) is 8.34. The second kappa shape index (κ2) is 5.23. The van der Waals surface area contributed by atoms with Crippen LogP contribution < -0.4 is 11.3 Å². The second-order valence-electron chi connectivity index (χ2n) is 2.88. The van der Waals surface area contributed by atoms with E-state index < -0.39 is 0 Å². The topological polar surface area (TPSA) is 104 Å². The number of hydrogen-bond donors (Lipinski definition) is 3. The van der Waals surface area contributed by atoms with E-state index in [4.69, 9.17) is 10.9 Å². The smallest absolute Gasteiger partial charge is 0.273 e. The number of hydrazine groups is 1. The van der Waals surface area contributed by atoms with Gasteiger partial charge < -0.3 is 15.4 Å². The number of amides is 1. The molecular weight excluding hydrogens is 198 g/mol. The van der Waals surface area contributed by atoms with E-state index in [9.17, 15) is 4.79 Å². The second-order valence-corrected chi connectivity index (χ2v) is 2.88. The summed E-state index contributed by atoms with van der Waals surface area (Å²) in [6, 6.07) is 0. The summed E-state index contributed by atoms with van der Waals surface area (Å²) in [5.74, 6) is 5.14. The van der Waals surface area contributed by atoms with Crippen molar-refractivity contribution in [2.45, 2.75) is 0 Å². The highest BCUT2D eigenvalue weighted by Crippen LogP contribution is 2.02. The highest BCUT2D eigenvalue weighted by molar-refractivity contribution is 5.92. The number of carbonyl (C=O) groups is 1. The van der Waals surface area contributed by atoms with Crippen LogP contribution in [0, 0.1) is 0 Å². The maximum atomic E-state index is 11.6. The van der Waals surface area contributed by atoms with Crippen molar-refractivity contribution in [3.63, 3.8) is 0 Å². The molecule has 1 aromatic heterocycles. The van der Waals surface area contributed by atoms with Crippen molar-refractivity contribution >= 4 is 11.7 Å². The third-order valence-electron chi connectivity index (χ3n) is 1.78. The van der Waals surface area contributed by atoms with E-state index in [1.54, 1.807) is 7.05 Å². The van der Waals surface area contributed by atoms with Crippen LogP contribution in [0.5, 0.6) is 0 Å². The summed E-state index contributed by atoms with van der Waals surface area (Å²) in [7, 11) is 1.57. The molecule has 0 unspecified atom stereocenters. The lowest BCUT2D eigenvalue weighted by Crippen LogP contribution is -2.30. The van der Waals surface area contributed by atoms with E-state index >= 15 is 0 Å². The van der Waals surface area contributed by atoms with Crippen LogP contribution in [0.3, 0.4) is 0 Å². The van der Waals surface area contributed by atoms with Crippen molar-refractivity contribution in [3.8, 4) is 0 Å². The SMILES string of the molecule is CN(CCO)C(=O)c1cncc(NN)n1. The summed E-state index contributed by atoms with van der Waals surface area (Å²) >= 11 is 0. The Morgan fingerprint density at radius 2 is 2.40 bits per heavy atom. The molecule has 0 aliphatic rings. The minimum Gasteiger partial charge on any atom is -0.395 e. The summed E-state index contributed by atoms with van der Waals surface area (Å²) in [6.45, 7) is 0.158. The van der Waals surface area contributed by atoms with E-state index in [0.717, 1.165) is 0 Å². The Bertz CT molecular complexity index is 344. The van der Waals surface area contributed by atoms with Gasteiger partial charge in [-0.2, -0.15) is 0 Å². The van der Waals surface area contributed by atoms with Crippen LogP contribution in [-0.4, -0.2) is 46.1 Å². The first-order valence-corrected chi connectivity index (χ1v) is 4.34. The van der Waals surface area contributed by atoms with Gasteiger partial charge in [-0.05, 0) is 0 Å². The van der Waals surface area contributed by atoms with Gasteiger partial charge in [0, 0.05) is 13.6 Å². The number of likely N-dealkylation sites (N-methyl/N-ethyl adjacent to an activating group) is 1. The summed E-state index contributed by atoms with van der Waals surface area (Å²) in [5.41, 5.74) is 2.48. The van der Waals surface area contributed by atoms with Crippen LogP contribution in [0.1, 0.15) is 10.5 Å². The minimum absolute atomic E-state index is 0.0928. The summed E-state index contributed by atoms with van der Waals surface area (Å²) < 4.78 is 0. The van der Waals surface area contributed by atoms with Crippen LogP contribution in [0.4, 0.5) is 5.82 Å². The number of carbonyl (C=O) groups excluding carboxylic acids is 1. The van der Waals surface area contributed by atoms with Crippen molar-refractivity contribution < 1.29 is 9.90 Å². The van der Waals surface area contributed by atoms with Crippen molar-refractivity contribution in [2.75, 3.05) is 25.6 Å². The Hall–Kier alpha value is -1.73. The molecule has 0 aromatic carbocycles. The van der Waals surface area contributed by atoms with Gasteiger partial charge in [0.05, 0.1) is 19.0 Å². The Morgan fingerprint density at radius 1 is 1.67 bits per heavy atom. The van der Waals surface area contributed by atoms with Gasteiger partial charge in [-0.1, -0.05) is 0 Å². The number of aliphatic hydroxyl groups is 1. The van der Waals surface area contributed by atoms with Gasteiger partial charge in [0.25, 0.3) is 5.91 Å². The third kappa shape index (κ3) is 2.86. The Kier molecular flexibility index (Phi) is 3.95. The lowest BCUT2D eigenvalue weighted by atomic mass is 10.4. The fourth-order valence-corrected chi connectivity index (χ4v) is 0.986. The number of nitrogen functional groups attached to an aromatic ring is 1. The molecular formula is C8H13N5O2. The predicted octanol–water partition coefficient (Wildman–Crippen LogP) is -1.17. The maximum absolute atomic E-state index is 11.6. The highest BCUT2D eigenvalue weighted by Gasteiger charge is 2.13. The molecule has 7 nitrogen and oxygen atoms in total. The molecule has 0 fully saturated rings. The van der Waals surface area contributed by atoms with Crippen LogP contribution in [0.25, 0.3) is 0 Å². The molecule has 0 aliphatic carbocycles. The van der Waals surface area contributed by atoms with E-state index in [0.29, 0.717) is 5.82 Å². The van der Waals surface area contributed by atoms with Crippen molar-refractivity contribution in [2.24, 2.45) is 5.84 Å². The minimum atomic E-state index is -0.311. The molecule has 15 heavy (non-hydrogen) atoms. The fourth-order valence-electron chi connectivity index (χ4n) is 0.986. The highest BCUT2D eigenvalue weighted by atomic mass is 16.3. The van der Waals surface area contributed by atoms with E-state index in [1.165, 1.54) is 17.3 Å². The molecule has 0 bridgehead atoms. The molecule has 0 radical (unpaired) electrons. The molecule has 1 amide bonds. The largest absolute Gasteiger partial charge is 0.395 e. The number of nitrogens with zero attached hydrogens (tertiary/aromatic N) is 3. The molecule has 7 heteroatoms. The predicted molar refractivity (Wildman–Crippen MR) is 53.9 cm³/mol. The molecule has 82 valence electrons. The number of nitrogens with two attached hydrogens (primary N) is 1. The van der Waals surface area contributed by atoms with Crippen LogP contribution in [0.15, 0.2) is 12.4 Å². The van der Waals surface area contributed by atoms with Gasteiger partial charge in [0.1, 0.15) is 5.69 Å². The number of anilines is 1. The normalized spacial score (nSPS) is 9.80. The Balaban J connectivity index is 2.81. The van der Waals surface area contributed by atoms with Crippen LogP contribution in [0.2, 0.25) is 0 Å². The number of aliphatic hydroxyl groups excluding tert-OH is 1. The van der Waals surface area contributed by atoms with Crippen LogP contribution >= 0.6 is 0 Å². The lowest BCUT2D eigenvalue weighted by Gasteiger charge is -2.14.